The minimum absolute atomic E-state index is 0.473. The molecule has 0 unspecified atom stereocenters. The molecule has 28 heavy (non-hydrogen) atoms. The molecule has 0 amide bonds. The van der Waals surface area contributed by atoms with E-state index in [9.17, 15) is 0 Å². The number of hydrogen-bond acceptors (Lipinski definition) is 6. The lowest BCUT2D eigenvalue weighted by atomic mass is 10.1. The number of benzene rings is 2. The quantitative estimate of drug-likeness (QED) is 0.398. The van der Waals surface area contributed by atoms with Gasteiger partial charge in [0.15, 0.2) is 17.3 Å². The molecule has 1 aromatic heterocycles. The third kappa shape index (κ3) is 4.66. The highest BCUT2D eigenvalue weighted by molar-refractivity contribution is 7.98. The number of halogens is 1. The van der Waals surface area contributed by atoms with Gasteiger partial charge in [0.2, 0.25) is 5.16 Å². The lowest BCUT2D eigenvalue weighted by molar-refractivity contribution is 0.311. The monoisotopic (exact) mass is 416 g/mol. The Morgan fingerprint density at radius 2 is 2.00 bits per heavy atom. The number of rotatable bonds is 8. The van der Waals surface area contributed by atoms with E-state index in [-0.39, 0.29) is 0 Å². The van der Waals surface area contributed by atoms with Crippen LogP contribution in [-0.2, 0) is 6.42 Å². The number of ether oxygens (including phenoxy) is 2. The van der Waals surface area contributed by atoms with Crippen molar-refractivity contribution in [2.45, 2.75) is 18.5 Å². The van der Waals surface area contributed by atoms with E-state index in [1.807, 2.05) is 37.4 Å². The first-order valence-corrected chi connectivity index (χ1v) is 10.3. The fraction of sp³-hybridized carbons (Fsp3) is 0.250. The molecular formula is C20H21ClN4O2S. The largest absolute Gasteiger partial charge is 0.493 e. The summed E-state index contributed by atoms with van der Waals surface area (Å²) in [5, 5.41) is 14.3. The Balaban J connectivity index is 1.92. The first kappa shape index (κ1) is 20.2. The second-order valence-electron chi connectivity index (χ2n) is 5.79. The number of aromatic nitrogens is 3. The lowest BCUT2D eigenvalue weighted by Crippen LogP contribution is -2.02. The molecule has 0 atom stereocenters. The van der Waals surface area contributed by atoms with Crippen LogP contribution in [0.2, 0.25) is 5.02 Å². The molecule has 0 aliphatic carbocycles. The van der Waals surface area contributed by atoms with Crippen molar-refractivity contribution in [3.8, 4) is 11.5 Å². The fourth-order valence-corrected chi connectivity index (χ4v) is 3.37. The summed E-state index contributed by atoms with van der Waals surface area (Å²) >= 11 is 7.83. The van der Waals surface area contributed by atoms with Crippen LogP contribution in [0.3, 0.4) is 0 Å². The Bertz CT molecular complexity index is 960. The fourth-order valence-electron chi connectivity index (χ4n) is 2.65. The number of nitrogens with zero attached hydrogens (tertiary/aromatic N) is 4. The van der Waals surface area contributed by atoms with E-state index in [1.165, 1.54) is 11.8 Å². The summed E-state index contributed by atoms with van der Waals surface area (Å²) in [6, 6.07) is 13.7. The summed E-state index contributed by atoms with van der Waals surface area (Å²) in [6.45, 7) is 2.40. The molecule has 0 saturated heterocycles. The Hall–Kier alpha value is -2.51. The number of thioether (sulfide) groups is 1. The van der Waals surface area contributed by atoms with Crippen molar-refractivity contribution >= 4 is 29.6 Å². The zero-order chi connectivity index (χ0) is 19.9. The number of methoxy groups -OCH3 is 1. The van der Waals surface area contributed by atoms with Gasteiger partial charge in [0.1, 0.15) is 0 Å². The highest BCUT2D eigenvalue weighted by Crippen LogP contribution is 2.36. The van der Waals surface area contributed by atoms with Crippen LogP contribution in [0.4, 0.5) is 0 Å². The average Bonchev–Trinajstić information content (AvgIpc) is 3.10. The van der Waals surface area contributed by atoms with Crippen LogP contribution >= 0.6 is 23.4 Å². The van der Waals surface area contributed by atoms with Crippen LogP contribution in [-0.4, -0.2) is 41.1 Å². The van der Waals surface area contributed by atoms with Crippen LogP contribution in [0.25, 0.3) is 0 Å². The maximum absolute atomic E-state index is 6.35. The third-order valence-corrected chi connectivity index (χ3v) is 4.83. The topological polar surface area (TPSA) is 61.5 Å². The van der Waals surface area contributed by atoms with Crippen LogP contribution in [0.15, 0.2) is 52.7 Å². The molecule has 8 heteroatoms. The summed E-state index contributed by atoms with van der Waals surface area (Å²) in [4.78, 5) is 0. The Morgan fingerprint density at radius 3 is 2.68 bits per heavy atom. The molecule has 1 heterocycles. The molecule has 0 aliphatic rings. The van der Waals surface area contributed by atoms with Gasteiger partial charge in [-0.05, 0) is 36.4 Å². The van der Waals surface area contributed by atoms with Gasteiger partial charge in [-0.25, -0.2) is 0 Å². The van der Waals surface area contributed by atoms with Crippen molar-refractivity contribution in [1.29, 1.82) is 0 Å². The second kappa shape index (κ2) is 9.61. The normalized spacial score (nSPS) is 11.1. The first-order valence-electron chi connectivity index (χ1n) is 8.73. The molecule has 0 fully saturated rings. The van der Waals surface area contributed by atoms with E-state index >= 15 is 0 Å². The van der Waals surface area contributed by atoms with E-state index in [4.69, 9.17) is 21.1 Å². The van der Waals surface area contributed by atoms with Crippen LogP contribution in [0, 0.1) is 0 Å². The summed E-state index contributed by atoms with van der Waals surface area (Å²) in [5.74, 6) is 1.85. The second-order valence-corrected chi connectivity index (χ2v) is 6.97. The van der Waals surface area contributed by atoms with E-state index in [1.54, 1.807) is 24.1 Å². The average molecular weight is 417 g/mol. The zero-order valence-corrected chi connectivity index (χ0v) is 17.5. The molecule has 0 spiro atoms. The zero-order valence-electron chi connectivity index (χ0n) is 15.9. The molecule has 2 aromatic carbocycles. The van der Waals surface area contributed by atoms with Gasteiger partial charge in [-0.15, -0.1) is 10.2 Å². The Labute approximate surface area is 173 Å². The summed E-state index contributed by atoms with van der Waals surface area (Å²) in [5.41, 5.74) is 1.93. The molecule has 0 N–H and O–H groups in total. The van der Waals surface area contributed by atoms with Crippen molar-refractivity contribution in [2.75, 3.05) is 20.0 Å². The Kier molecular flexibility index (Phi) is 6.95. The molecule has 0 radical (unpaired) electrons. The molecule has 0 bridgehead atoms. The van der Waals surface area contributed by atoms with Crippen molar-refractivity contribution in [3.05, 3.63) is 64.4 Å². The summed E-state index contributed by atoms with van der Waals surface area (Å²) in [7, 11) is 1.58. The van der Waals surface area contributed by atoms with Crippen molar-refractivity contribution in [1.82, 2.24) is 14.9 Å². The van der Waals surface area contributed by atoms with Gasteiger partial charge in [0.05, 0.1) is 25.0 Å². The molecule has 3 aromatic rings. The number of hydrogen-bond donors (Lipinski definition) is 0. The van der Waals surface area contributed by atoms with Crippen LogP contribution in [0.5, 0.6) is 11.5 Å². The van der Waals surface area contributed by atoms with Crippen LogP contribution < -0.4 is 9.47 Å². The Morgan fingerprint density at radius 1 is 1.21 bits per heavy atom. The van der Waals surface area contributed by atoms with Crippen LogP contribution in [0.1, 0.15) is 23.9 Å². The van der Waals surface area contributed by atoms with Gasteiger partial charge in [-0.2, -0.15) is 9.78 Å². The maximum Gasteiger partial charge on any atom is 0.211 e. The van der Waals surface area contributed by atoms with Gasteiger partial charge in [-0.3, -0.25) is 0 Å². The highest BCUT2D eigenvalue weighted by atomic mass is 35.5. The smallest absolute Gasteiger partial charge is 0.211 e. The minimum Gasteiger partial charge on any atom is -0.493 e. The van der Waals surface area contributed by atoms with E-state index in [0.717, 1.165) is 17.0 Å². The van der Waals surface area contributed by atoms with E-state index in [2.05, 4.69) is 27.4 Å². The SMILES string of the molecule is CCOc1c(Cl)cc(/C=N\n2c(Cc3ccccc3)nnc2SC)cc1OC. The third-order valence-electron chi connectivity index (χ3n) is 3.93. The predicted molar refractivity (Wildman–Crippen MR) is 113 cm³/mol. The summed E-state index contributed by atoms with van der Waals surface area (Å²) < 4.78 is 12.7. The van der Waals surface area contributed by atoms with Gasteiger partial charge in [-0.1, -0.05) is 53.7 Å². The summed E-state index contributed by atoms with van der Waals surface area (Å²) in [6.07, 6.45) is 4.29. The minimum atomic E-state index is 0.473. The van der Waals surface area contributed by atoms with Crippen molar-refractivity contribution < 1.29 is 9.47 Å². The predicted octanol–water partition coefficient (Wildman–Crippen LogP) is 4.53. The maximum atomic E-state index is 6.35. The van der Waals surface area contributed by atoms with Gasteiger partial charge in [0, 0.05) is 6.42 Å². The van der Waals surface area contributed by atoms with Gasteiger partial charge in [0.25, 0.3) is 0 Å². The van der Waals surface area contributed by atoms with Gasteiger partial charge >= 0.3 is 0 Å². The lowest BCUT2D eigenvalue weighted by Gasteiger charge is -2.11. The van der Waals surface area contributed by atoms with E-state index < -0.39 is 0 Å². The molecule has 3 rings (SSSR count). The van der Waals surface area contributed by atoms with E-state index in [0.29, 0.717) is 34.7 Å². The standard InChI is InChI=1S/C20H21ClN4O2S/c1-4-27-19-16(21)10-15(11-17(19)26-2)13-22-25-18(23-24-20(25)28-3)12-14-8-6-5-7-9-14/h5-11,13H,4,12H2,1-3H3/b22-13-. The molecule has 146 valence electrons. The molecule has 0 saturated carbocycles. The van der Waals surface area contributed by atoms with Crippen molar-refractivity contribution in [3.63, 3.8) is 0 Å². The molecule has 0 aliphatic heterocycles. The highest BCUT2D eigenvalue weighted by Gasteiger charge is 2.13. The van der Waals surface area contributed by atoms with Crippen molar-refractivity contribution in [2.24, 2.45) is 5.10 Å². The molecular weight excluding hydrogens is 396 g/mol. The first-order chi connectivity index (χ1) is 13.7. The van der Waals surface area contributed by atoms with Gasteiger partial charge < -0.3 is 9.47 Å². The molecule has 6 nitrogen and oxygen atoms in total.